The summed E-state index contributed by atoms with van der Waals surface area (Å²) in [4.78, 5) is 24.7. The van der Waals surface area contributed by atoms with Crippen molar-refractivity contribution in [3.63, 3.8) is 0 Å². The van der Waals surface area contributed by atoms with Crippen molar-refractivity contribution in [3.05, 3.63) is 32.7 Å². The third-order valence-electron chi connectivity index (χ3n) is 2.98. The van der Waals surface area contributed by atoms with Crippen LogP contribution in [0.2, 0.25) is 0 Å². The number of hydrogen-bond donors (Lipinski definition) is 2. The van der Waals surface area contributed by atoms with Crippen molar-refractivity contribution < 1.29 is 19.8 Å². The average Bonchev–Trinajstić information content (AvgIpc) is 2.74. The zero-order valence-corrected chi connectivity index (χ0v) is 12.9. The van der Waals surface area contributed by atoms with Crippen LogP contribution in [0.4, 0.5) is 0 Å². The van der Waals surface area contributed by atoms with Crippen LogP contribution in [0, 0.1) is 0 Å². The molecule has 0 unspecified atom stereocenters. The summed E-state index contributed by atoms with van der Waals surface area (Å²) in [6, 6.07) is 4.12. The largest absolute Gasteiger partial charge is 0.480 e. The van der Waals surface area contributed by atoms with Crippen LogP contribution in [0.1, 0.15) is 16.8 Å². The minimum absolute atomic E-state index is 0.0365. The lowest BCUT2D eigenvalue weighted by Gasteiger charge is -2.21. The number of carboxylic acids is 1. The molecule has 1 aromatic carbocycles. The van der Waals surface area contributed by atoms with Gasteiger partial charge in [0.05, 0.1) is 11.7 Å². The van der Waals surface area contributed by atoms with Gasteiger partial charge in [-0.1, -0.05) is 15.9 Å². The third kappa shape index (κ3) is 2.98. The Bertz CT molecular complexity index is 534. The standard InChI is InChI=1S/C12H11Br2NO4/c13-6-1-2-9(14)8(3-6)11(17)15-5-7(16)4-10(15)12(18)19/h1-3,7,10,16H,4-5H2,(H,18,19)/t7-,10-/m1/s1. The van der Waals surface area contributed by atoms with Gasteiger partial charge >= 0.3 is 5.97 Å². The predicted octanol–water partition coefficient (Wildman–Crippen LogP) is 1.87. The van der Waals surface area contributed by atoms with Crippen LogP contribution in [0.5, 0.6) is 0 Å². The zero-order chi connectivity index (χ0) is 14.2. The lowest BCUT2D eigenvalue weighted by atomic mass is 10.1. The third-order valence-corrected chi connectivity index (χ3v) is 4.17. The summed E-state index contributed by atoms with van der Waals surface area (Å²) in [7, 11) is 0. The minimum atomic E-state index is -1.10. The van der Waals surface area contributed by atoms with E-state index in [9.17, 15) is 14.7 Å². The smallest absolute Gasteiger partial charge is 0.326 e. The van der Waals surface area contributed by atoms with E-state index in [1.54, 1.807) is 18.2 Å². The Labute approximate surface area is 126 Å². The molecule has 0 aliphatic carbocycles. The van der Waals surface area contributed by atoms with E-state index < -0.39 is 24.0 Å². The molecule has 1 aliphatic heterocycles. The van der Waals surface area contributed by atoms with E-state index in [1.807, 2.05) is 0 Å². The predicted molar refractivity (Wildman–Crippen MR) is 74.9 cm³/mol. The van der Waals surface area contributed by atoms with E-state index in [2.05, 4.69) is 31.9 Å². The summed E-state index contributed by atoms with van der Waals surface area (Å²) in [5.74, 6) is -1.51. The Balaban J connectivity index is 2.33. The number of nitrogens with zero attached hydrogens (tertiary/aromatic N) is 1. The van der Waals surface area contributed by atoms with Crippen molar-refractivity contribution in [1.29, 1.82) is 0 Å². The molecule has 1 aliphatic rings. The summed E-state index contributed by atoms with van der Waals surface area (Å²) in [6.07, 6.45) is -0.733. The summed E-state index contributed by atoms with van der Waals surface area (Å²) < 4.78 is 1.32. The topological polar surface area (TPSA) is 77.8 Å². The molecule has 1 fully saturated rings. The molecule has 0 spiro atoms. The first kappa shape index (κ1) is 14.5. The molecule has 7 heteroatoms. The highest BCUT2D eigenvalue weighted by Crippen LogP contribution is 2.26. The van der Waals surface area contributed by atoms with E-state index in [4.69, 9.17) is 5.11 Å². The number of aliphatic hydroxyl groups excluding tert-OH is 1. The molecule has 0 saturated carbocycles. The normalized spacial score (nSPS) is 22.6. The highest BCUT2D eigenvalue weighted by molar-refractivity contribution is 9.11. The van der Waals surface area contributed by atoms with Crippen molar-refractivity contribution >= 4 is 43.7 Å². The summed E-state index contributed by atoms with van der Waals surface area (Å²) in [6.45, 7) is 0.0365. The number of β-amino-alcohol motifs (C(OH)–C–C–N with tert-alkyl or cyclic N) is 1. The van der Waals surface area contributed by atoms with Crippen LogP contribution in [0.25, 0.3) is 0 Å². The Hall–Kier alpha value is -0.920. The number of benzene rings is 1. The fourth-order valence-electron chi connectivity index (χ4n) is 2.09. The second-order valence-corrected chi connectivity index (χ2v) is 6.10. The van der Waals surface area contributed by atoms with Gasteiger partial charge in [-0.05, 0) is 34.1 Å². The van der Waals surface area contributed by atoms with Crippen molar-refractivity contribution in [2.45, 2.75) is 18.6 Å². The maximum absolute atomic E-state index is 12.4. The molecule has 1 aromatic rings. The number of likely N-dealkylation sites (tertiary alicyclic amines) is 1. The molecule has 102 valence electrons. The molecule has 2 N–H and O–H groups in total. The van der Waals surface area contributed by atoms with Crippen LogP contribution in [0.3, 0.4) is 0 Å². The van der Waals surface area contributed by atoms with E-state index >= 15 is 0 Å². The van der Waals surface area contributed by atoms with Gasteiger partial charge in [-0.2, -0.15) is 0 Å². The van der Waals surface area contributed by atoms with Gasteiger partial charge in [0.15, 0.2) is 0 Å². The molecule has 5 nitrogen and oxygen atoms in total. The lowest BCUT2D eigenvalue weighted by molar-refractivity contribution is -0.141. The Morgan fingerprint density at radius 2 is 2.00 bits per heavy atom. The van der Waals surface area contributed by atoms with Gasteiger partial charge in [-0.25, -0.2) is 4.79 Å². The first-order valence-electron chi connectivity index (χ1n) is 5.57. The maximum Gasteiger partial charge on any atom is 0.326 e. The number of rotatable bonds is 2. The molecule has 2 atom stereocenters. The minimum Gasteiger partial charge on any atom is -0.480 e. The summed E-state index contributed by atoms with van der Waals surface area (Å²) in [5.41, 5.74) is 0.370. The fourth-order valence-corrected chi connectivity index (χ4v) is 2.87. The quantitative estimate of drug-likeness (QED) is 0.805. The number of carbonyl (C=O) groups is 2. The fraction of sp³-hybridized carbons (Fsp3) is 0.333. The lowest BCUT2D eigenvalue weighted by Crippen LogP contribution is -2.40. The van der Waals surface area contributed by atoms with Gasteiger partial charge in [-0.3, -0.25) is 4.79 Å². The second-order valence-electron chi connectivity index (χ2n) is 4.33. The second kappa shape index (κ2) is 5.60. The molecule has 0 radical (unpaired) electrons. The number of hydrogen-bond acceptors (Lipinski definition) is 3. The maximum atomic E-state index is 12.4. The van der Waals surface area contributed by atoms with E-state index in [1.165, 1.54) is 4.90 Å². The highest BCUT2D eigenvalue weighted by atomic mass is 79.9. The molecule has 1 amide bonds. The van der Waals surface area contributed by atoms with Gasteiger partial charge < -0.3 is 15.1 Å². The van der Waals surface area contributed by atoms with Crippen LogP contribution in [-0.2, 0) is 4.79 Å². The van der Waals surface area contributed by atoms with Crippen LogP contribution in [-0.4, -0.2) is 45.7 Å². The Morgan fingerprint density at radius 1 is 1.32 bits per heavy atom. The summed E-state index contributed by atoms with van der Waals surface area (Å²) >= 11 is 6.54. The number of aliphatic hydroxyl groups is 1. The van der Waals surface area contributed by atoms with Crippen LogP contribution in [0.15, 0.2) is 27.1 Å². The van der Waals surface area contributed by atoms with Gasteiger partial charge in [-0.15, -0.1) is 0 Å². The molecule has 0 aromatic heterocycles. The van der Waals surface area contributed by atoms with Gasteiger partial charge in [0.25, 0.3) is 5.91 Å². The first-order chi connectivity index (χ1) is 8.90. The molecule has 1 heterocycles. The van der Waals surface area contributed by atoms with Crippen molar-refractivity contribution in [3.8, 4) is 0 Å². The monoisotopic (exact) mass is 391 g/mol. The van der Waals surface area contributed by atoms with Crippen molar-refractivity contribution in [2.75, 3.05) is 6.54 Å². The van der Waals surface area contributed by atoms with Gasteiger partial charge in [0.2, 0.25) is 0 Å². The van der Waals surface area contributed by atoms with Crippen molar-refractivity contribution in [2.24, 2.45) is 0 Å². The van der Waals surface area contributed by atoms with Crippen LogP contribution >= 0.6 is 31.9 Å². The molecular weight excluding hydrogens is 382 g/mol. The molecular formula is C12H11Br2NO4. The molecule has 2 rings (SSSR count). The first-order valence-corrected chi connectivity index (χ1v) is 7.15. The van der Waals surface area contributed by atoms with E-state index in [0.29, 0.717) is 10.0 Å². The number of halogens is 2. The zero-order valence-electron chi connectivity index (χ0n) is 9.72. The van der Waals surface area contributed by atoms with E-state index in [-0.39, 0.29) is 13.0 Å². The highest BCUT2D eigenvalue weighted by Gasteiger charge is 2.39. The molecule has 0 bridgehead atoms. The Morgan fingerprint density at radius 3 is 2.63 bits per heavy atom. The Kier molecular flexibility index (Phi) is 4.27. The number of aliphatic carboxylic acids is 1. The summed E-state index contributed by atoms with van der Waals surface area (Å²) in [5, 5.41) is 18.7. The van der Waals surface area contributed by atoms with Gasteiger partial charge in [0.1, 0.15) is 6.04 Å². The molecule has 19 heavy (non-hydrogen) atoms. The van der Waals surface area contributed by atoms with Gasteiger partial charge in [0, 0.05) is 21.9 Å². The molecule has 1 saturated heterocycles. The number of amides is 1. The van der Waals surface area contributed by atoms with E-state index in [0.717, 1.165) is 4.47 Å². The number of carbonyl (C=O) groups excluding carboxylic acids is 1. The average molecular weight is 393 g/mol. The number of carboxylic acid groups (broad SMARTS) is 1. The SMILES string of the molecule is O=C(O)[C@H]1C[C@@H](O)CN1C(=O)c1cc(Br)ccc1Br. The van der Waals surface area contributed by atoms with Crippen molar-refractivity contribution in [1.82, 2.24) is 4.90 Å². The van der Waals surface area contributed by atoms with Crippen LogP contribution < -0.4 is 0 Å².